The largest absolute Gasteiger partial charge is 0.496 e. The van der Waals surface area contributed by atoms with Crippen molar-refractivity contribution in [2.24, 2.45) is 11.8 Å². The molecule has 1 aromatic carbocycles. The zero-order valence-corrected chi connectivity index (χ0v) is 15.3. The van der Waals surface area contributed by atoms with E-state index in [0.29, 0.717) is 11.3 Å². The molecule has 0 aromatic heterocycles. The number of hydrogen-bond donors (Lipinski definition) is 1. The normalized spacial score (nSPS) is 28.6. The van der Waals surface area contributed by atoms with Crippen LogP contribution in [0.4, 0.5) is 0 Å². The number of ether oxygens (including phenoxy) is 1. The van der Waals surface area contributed by atoms with Crippen LogP contribution < -0.4 is 9.64 Å². The zero-order valence-electron chi connectivity index (χ0n) is 15.3. The van der Waals surface area contributed by atoms with Crippen LogP contribution in [0.15, 0.2) is 24.3 Å². The first-order valence-corrected chi connectivity index (χ1v) is 9.35. The van der Waals surface area contributed by atoms with Gasteiger partial charge in [0.15, 0.2) is 0 Å². The lowest BCUT2D eigenvalue weighted by molar-refractivity contribution is -0.938. The molecule has 2 aliphatic heterocycles. The molecule has 1 aromatic rings. The van der Waals surface area contributed by atoms with Crippen molar-refractivity contribution in [1.82, 2.24) is 4.90 Å². The van der Waals surface area contributed by atoms with Crippen molar-refractivity contribution in [1.29, 1.82) is 0 Å². The second kappa shape index (κ2) is 7.56. The van der Waals surface area contributed by atoms with Gasteiger partial charge in [0, 0.05) is 37.8 Å². The second-order valence-corrected chi connectivity index (χ2v) is 7.78. The molecule has 1 N–H and O–H groups in total. The van der Waals surface area contributed by atoms with Gasteiger partial charge in [0.05, 0.1) is 31.8 Å². The van der Waals surface area contributed by atoms with E-state index in [1.807, 2.05) is 29.2 Å². The molecular weight excluding hydrogens is 300 g/mol. The van der Waals surface area contributed by atoms with Gasteiger partial charge in [-0.25, -0.2) is 0 Å². The molecule has 0 saturated carbocycles. The van der Waals surface area contributed by atoms with Crippen molar-refractivity contribution in [2.75, 3.05) is 33.3 Å². The third-order valence-electron chi connectivity index (χ3n) is 5.72. The average molecular weight is 331 g/mol. The van der Waals surface area contributed by atoms with Gasteiger partial charge in [0.25, 0.3) is 5.91 Å². The second-order valence-electron chi connectivity index (χ2n) is 7.78. The maximum atomic E-state index is 12.8. The molecule has 2 fully saturated rings. The number of rotatable bonds is 3. The van der Waals surface area contributed by atoms with Crippen LogP contribution in [0.25, 0.3) is 0 Å². The van der Waals surface area contributed by atoms with Crippen LogP contribution in [0, 0.1) is 11.8 Å². The number of carbonyl (C=O) groups is 1. The summed E-state index contributed by atoms with van der Waals surface area (Å²) < 4.78 is 5.35. The van der Waals surface area contributed by atoms with Gasteiger partial charge in [-0.1, -0.05) is 26.0 Å². The van der Waals surface area contributed by atoms with E-state index in [1.54, 1.807) is 12.0 Å². The maximum absolute atomic E-state index is 12.8. The molecule has 0 spiro atoms. The fraction of sp³-hybridized carbons (Fsp3) is 0.650. The van der Waals surface area contributed by atoms with Gasteiger partial charge in [-0.15, -0.1) is 0 Å². The van der Waals surface area contributed by atoms with Crippen LogP contribution in [0.1, 0.15) is 43.5 Å². The van der Waals surface area contributed by atoms with Gasteiger partial charge in [0.2, 0.25) is 0 Å². The molecule has 1 amide bonds. The Hall–Kier alpha value is -1.55. The first-order chi connectivity index (χ1) is 11.6. The number of para-hydroxylation sites is 1. The van der Waals surface area contributed by atoms with E-state index in [0.717, 1.165) is 43.8 Å². The third-order valence-corrected chi connectivity index (χ3v) is 5.72. The zero-order chi connectivity index (χ0) is 17.1. The topological polar surface area (TPSA) is 34.0 Å². The molecule has 0 unspecified atom stereocenters. The standard InChI is InChI=1S/C20H30N2O2/c1-15-12-16(2)14-22(13-15)17-8-10-21(11-9-17)20(23)18-6-4-5-7-19(18)24-3/h4-7,15-17H,8-14H2,1-3H3/p+1/t15-,16-/m0/s1. The summed E-state index contributed by atoms with van der Waals surface area (Å²) >= 11 is 0. The molecule has 2 aliphatic rings. The Morgan fingerprint density at radius 2 is 1.75 bits per heavy atom. The Morgan fingerprint density at radius 3 is 2.38 bits per heavy atom. The molecule has 2 saturated heterocycles. The molecule has 24 heavy (non-hydrogen) atoms. The van der Waals surface area contributed by atoms with E-state index in [4.69, 9.17) is 4.74 Å². The van der Waals surface area contributed by atoms with Crippen molar-refractivity contribution < 1.29 is 14.4 Å². The number of hydrogen-bond acceptors (Lipinski definition) is 2. The lowest BCUT2D eigenvalue weighted by Crippen LogP contribution is -3.18. The van der Waals surface area contributed by atoms with E-state index >= 15 is 0 Å². The lowest BCUT2D eigenvalue weighted by Gasteiger charge is -2.41. The first-order valence-electron chi connectivity index (χ1n) is 9.35. The molecular formula is C20H31N2O2+. The Bertz CT molecular complexity index is 557. The number of benzene rings is 1. The van der Waals surface area contributed by atoms with E-state index in [-0.39, 0.29) is 5.91 Å². The molecule has 2 heterocycles. The van der Waals surface area contributed by atoms with Gasteiger partial charge in [-0.05, 0) is 18.6 Å². The Balaban J connectivity index is 1.59. The molecule has 0 aliphatic carbocycles. The fourth-order valence-corrected chi connectivity index (χ4v) is 4.65. The van der Waals surface area contributed by atoms with Gasteiger partial charge < -0.3 is 14.5 Å². The van der Waals surface area contributed by atoms with Crippen molar-refractivity contribution in [3.05, 3.63) is 29.8 Å². The summed E-state index contributed by atoms with van der Waals surface area (Å²) in [5.41, 5.74) is 0.686. The number of nitrogens with one attached hydrogen (secondary N) is 1. The minimum atomic E-state index is 0.112. The number of methoxy groups -OCH3 is 1. The van der Waals surface area contributed by atoms with Crippen molar-refractivity contribution >= 4 is 5.91 Å². The van der Waals surface area contributed by atoms with Crippen LogP contribution >= 0.6 is 0 Å². The third kappa shape index (κ3) is 3.75. The van der Waals surface area contributed by atoms with Gasteiger partial charge in [-0.2, -0.15) is 0 Å². The van der Waals surface area contributed by atoms with Crippen LogP contribution in [0.5, 0.6) is 5.75 Å². The van der Waals surface area contributed by atoms with E-state index in [2.05, 4.69) is 13.8 Å². The predicted octanol–water partition coefficient (Wildman–Crippen LogP) is 1.86. The lowest BCUT2D eigenvalue weighted by atomic mass is 9.89. The summed E-state index contributed by atoms with van der Waals surface area (Å²) in [7, 11) is 1.63. The number of likely N-dealkylation sites (tertiary alicyclic amines) is 2. The highest BCUT2D eigenvalue weighted by Crippen LogP contribution is 2.22. The summed E-state index contributed by atoms with van der Waals surface area (Å²) in [4.78, 5) is 16.6. The van der Waals surface area contributed by atoms with E-state index in [1.165, 1.54) is 19.5 Å². The summed E-state index contributed by atoms with van der Waals surface area (Å²) in [6.07, 6.45) is 3.61. The average Bonchev–Trinajstić information content (AvgIpc) is 2.60. The van der Waals surface area contributed by atoms with Gasteiger partial charge >= 0.3 is 0 Å². The Kier molecular flexibility index (Phi) is 5.44. The van der Waals surface area contributed by atoms with Gasteiger partial charge in [-0.3, -0.25) is 4.79 Å². The minimum absolute atomic E-state index is 0.112. The number of nitrogens with zero attached hydrogens (tertiary/aromatic N) is 1. The van der Waals surface area contributed by atoms with Crippen LogP contribution in [-0.4, -0.2) is 50.1 Å². The molecule has 0 radical (unpaired) electrons. The summed E-state index contributed by atoms with van der Waals surface area (Å²) in [5.74, 6) is 2.45. The number of piperidine rings is 2. The Morgan fingerprint density at radius 1 is 1.12 bits per heavy atom. The highest BCUT2D eigenvalue weighted by atomic mass is 16.5. The molecule has 132 valence electrons. The SMILES string of the molecule is COc1ccccc1C(=O)N1CCC([NH+]2C[C@@H](C)C[C@H](C)C2)CC1. The van der Waals surface area contributed by atoms with Crippen molar-refractivity contribution in [3.8, 4) is 5.75 Å². The molecule has 3 rings (SSSR count). The summed E-state index contributed by atoms with van der Waals surface area (Å²) in [6, 6.07) is 8.26. The highest BCUT2D eigenvalue weighted by molar-refractivity contribution is 5.97. The van der Waals surface area contributed by atoms with Gasteiger partial charge in [0.1, 0.15) is 5.75 Å². The summed E-state index contributed by atoms with van der Waals surface area (Å²) in [5, 5.41) is 0. The summed E-state index contributed by atoms with van der Waals surface area (Å²) in [6.45, 7) is 9.11. The van der Waals surface area contributed by atoms with Crippen LogP contribution in [-0.2, 0) is 0 Å². The van der Waals surface area contributed by atoms with Crippen LogP contribution in [0.2, 0.25) is 0 Å². The van der Waals surface area contributed by atoms with Crippen molar-refractivity contribution in [2.45, 2.75) is 39.2 Å². The van der Waals surface area contributed by atoms with E-state index in [9.17, 15) is 4.79 Å². The fourth-order valence-electron chi connectivity index (χ4n) is 4.65. The number of carbonyl (C=O) groups excluding carboxylic acids is 1. The quantitative estimate of drug-likeness (QED) is 0.917. The molecule has 0 bridgehead atoms. The van der Waals surface area contributed by atoms with Crippen molar-refractivity contribution in [3.63, 3.8) is 0 Å². The Labute approximate surface area is 145 Å². The smallest absolute Gasteiger partial charge is 0.257 e. The monoisotopic (exact) mass is 331 g/mol. The highest BCUT2D eigenvalue weighted by Gasteiger charge is 2.34. The van der Waals surface area contributed by atoms with Crippen LogP contribution in [0.3, 0.4) is 0 Å². The predicted molar refractivity (Wildman–Crippen MR) is 95.6 cm³/mol. The minimum Gasteiger partial charge on any atom is -0.496 e. The molecule has 4 nitrogen and oxygen atoms in total. The molecule has 4 heteroatoms. The number of quaternary nitrogens is 1. The van der Waals surface area contributed by atoms with E-state index < -0.39 is 0 Å². The first kappa shape index (κ1) is 17.3. The number of amides is 1. The molecule has 2 atom stereocenters. The maximum Gasteiger partial charge on any atom is 0.257 e.